The second kappa shape index (κ2) is 2.79. The fourth-order valence-electron chi connectivity index (χ4n) is 1.80. The Kier molecular flexibility index (Phi) is 1.77. The van der Waals surface area contributed by atoms with E-state index in [-0.39, 0.29) is 5.41 Å². The molecule has 2 aliphatic carbocycles. The Labute approximate surface area is 73.4 Å². The average Bonchev–Trinajstić information content (AvgIpc) is 2.88. The van der Waals surface area contributed by atoms with Crippen molar-refractivity contribution in [1.82, 2.24) is 0 Å². The van der Waals surface area contributed by atoms with Crippen molar-refractivity contribution in [2.45, 2.75) is 25.7 Å². The van der Waals surface area contributed by atoms with Crippen molar-refractivity contribution in [3.8, 4) is 6.07 Å². The molecule has 1 unspecified atom stereocenters. The molecule has 62 valence electrons. The van der Waals surface area contributed by atoms with Crippen LogP contribution in [0.4, 0.5) is 0 Å². The van der Waals surface area contributed by atoms with E-state index in [1.807, 2.05) is 0 Å². The molecule has 0 aliphatic heterocycles. The molecule has 0 N–H and O–H groups in total. The third-order valence-corrected chi connectivity index (χ3v) is 2.81. The van der Waals surface area contributed by atoms with Gasteiger partial charge in [0.25, 0.3) is 0 Å². The molecule has 1 atom stereocenters. The molecule has 0 radical (unpaired) electrons. The summed E-state index contributed by atoms with van der Waals surface area (Å²) >= 11 is 0. The van der Waals surface area contributed by atoms with E-state index < -0.39 is 0 Å². The largest absolute Gasteiger partial charge is 0.198 e. The summed E-state index contributed by atoms with van der Waals surface area (Å²) in [6.45, 7) is 0. The molecule has 0 saturated heterocycles. The van der Waals surface area contributed by atoms with Crippen LogP contribution in [0, 0.1) is 22.7 Å². The molecule has 0 spiro atoms. The van der Waals surface area contributed by atoms with E-state index in [1.165, 1.54) is 0 Å². The van der Waals surface area contributed by atoms with Crippen LogP contribution in [0.2, 0.25) is 0 Å². The van der Waals surface area contributed by atoms with Crippen molar-refractivity contribution in [3.63, 3.8) is 0 Å². The van der Waals surface area contributed by atoms with Gasteiger partial charge in [-0.05, 0) is 31.6 Å². The molecule has 1 saturated carbocycles. The van der Waals surface area contributed by atoms with Crippen molar-refractivity contribution in [2.75, 3.05) is 0 Å². The van der Waals surface area contributed by atoms with Crippen molar-refractivity contribution >= 4 is 0 Å². The molecule has 1 fully saturated rings. The van der Waals surface area contributed by atoms with Crippen molar-refractivity contribution < 1.29 is 0 Å². The van der Waals surface area contributed by atoms with Gasteiger partial charge >= 0.3 is 0 Å². The van der Waals surface area contributed by atoms with Crippen molar-refractivity contribution in [3.05, 3.63) is 24.3 Å². The normalized spacial score (nSPS) is 29.8. The van der Waals surface area contributed by atoms with Crippen LogP contribution in [0.5, 0.6) is 0 Å². The predicted octanol–water partition coefficient (Wildman–Crippen LogP) is 2.81. The fraction of sp³-hybridized carbons (Fsp3) is 0.545. The van der Waals surface area contributed by atoms with Gasteiger partial charge in [-0.2, -0.15) is 5.26 Å². The van der Waals surface area contributed by atoms with Gasteiger partial charge in [0, 0.05) is 0 Å². The zero-order valence-electron chi connectivity index (χ0n) is 7.16. The fourth-order valence-corrected chi connectivity index (χ4v) is 1.80. The van der Waals surface area contributed by atoms with Gasteiger partial charge in [0.2, 0.25) is 0 Å². The predicted molar refractivity (Wildman–Crippen MR) is 48.3 cm³/mol. The van der Waals surface area contributed by atoms with Crippen LogP contribution in [0.15, 0.2) is 24.3 Å². The van der Waals surface area contributed by atoms with E-state index in [9.17, 15) is 0 Å². The van der Waals surface area contributed by atoms with E-state index in [0.717, 1.165) is 25.7 Å². The zero-order chi connectivity index (χ0) is 8.44. The number of allylic oxidation sites excluding steroid dienone is 4. The Hall–Kier alpha value is -1.03. The summed E-state index contributed by atoms with van der Waals surface area (Å²) in [5.41, 5.74) is 0.0696. The van der Waals surface area contributed by atoms with Crippen LogP contribution in [0.25, 0.3) is 0 Å². The minimum absolute atomic E-state index is 0.0696. The van der Waals surface area contributed by atoms with Gasteiger partial charge in [-0.3, -0.25) is 0 Å². The Bertz CT molecular complexity index is 263. The van der Waals surface area contributed by atoms with Crippen LogP contribution < -0.4 is 0 Å². The molecule has 0 bridgehead atoms. The molecular formula is C11H13N. The molecule has 1 heteroatoms. The van der Waals surface area contributed by atoms with Gasteiger partial charge < -0.3 is 0 Å². The van der Waals surface area contributed by atoms with Crippen LogP contribution in [0.1, 0.15) is 25.7 Å². The second-order valence-electron chi connectivity index (χ2n) is 3.91. The smallest absolute Gasteiger partial charge is 0.0689 e. The number of hydrogen-bond acceptors (Lipinski definition) is 1. The monoisotopic (exact) mass is 159 g/mol. The standard InChI is InChI=1S/C11H13N/c12-9-11(6-7-11)8-10-4-2-1-3-5-10/h1-4,10H,5-8H2. The molecular weight excluding hydrogens is 146 g/mol. The summed E-state index contributed by atoms with van der Waals surface area (Å²) < 4.78 is 0. The first-order valence-corrected chi connectivity index (χ1v) is 4.59. The number of nitrogens with zero attached hydrogens (tertiary/aromatic N) is 1. The SMILES string of the molecule is N#CC1(CC2C=CC=CC2)CC1. The van der Waals surface area contributed by atoms with Gasteiger partial charge in [-0.25, -0.2) is 0 Å². The third kappa shape index (κ3) is 1.43. The van der Waals surface area contributed by atoms with Gasteiger partial charge in [-0.15, -0.1) is 0 Å². The maximum Gasteiger partial charge on any atom is 0.0689 e. The van der Waals surface area contributed by atoms with Gasteiger partial charge in [0.15, 0.2) is 0 Å². The first-order chi connectivity index (χ1) is 5.85. The van der Waals surface area contributed by atoms with E-state index >= 15 is 0 Å². The summed E-state index contributed by atoms with van der Waals surface area (Å²) in [5, 5.41) is 8.90. The lowest BCUT2D eigenvalue weighted by Crippen LogP contribution is -2.06. The zero-order valence-corrected chi connectivity index (χ0v) is 7.16. The molecule has 2 rings (SSSR count). The van der Waals surface area contributed by atoms with Gasteiger partial charge in [0.1, 0.15) is 0 Å². The quantitative estimate of drug-likeness (QED) is 0.607. The summed E-state index contributed by atoms with van der Waals surface area (Å²) in [5.74, 6) is 0.622. The lowest BCUT2D eigenvalue weighted by Gasteiger charge is -2.15. The van der Waals surface area contributed by atoms with E-state index in [4.69, 9.17) is 5.26 Å². The lowest BCUT2D eigenvalue weighted by atomic mass is 9.88. The highest BCUT2D eigenvalue weighted by molar-refractivity contribution is 5.16. The van der Waals surface area contributed by atoms with E-state index in [1.54, 1.807) is 0 Å². The molecule has 12 heavy (non-hydrogen) atoms. The maximum atomic E-state index is 8.90. The summed E-state index contributed by atoms with van der Waals surface area (Å²) in [6.07, 6.45) is 13.1. The highest BCUT2D eigenvalue weighted by atomic mass is 14.5. The molecule has 0 heterocycles. The maximum absolute atomic E-state index is 8.90. The first kappa shape index (κ1) is 7.61. The second-order valence-corrected chi connectivity index (χ2v) is 3.91. The van der Waals surface area contributed by atoms with E-state index in [0.29, 0.717) is 5.92 Å². The number of hydrogen-bond donors (Lipinski definition) is 0. The van der Waals surface area contributed by atoms with Crippen LogP contribution in [-0.4, -0.2) is 0 Å². The Morgan fingerprint density at radius 3 is 2.75 bits per heavy atom. The van der Waals surface area contributed by atoms with E-state index in [2.05, 4.69) is 30.4 Å². The summed E-state index contributed by atoms with van der Waals surface area (Å²) in [6, 6.07) is 2.44. The Morgan fingerprint density at radius 1 is 1.42 bits per heavy atom. The molecule has 0 amide bonds. The highest BCUT2D eigenvalue weighted by Crippen LogP contribution is 2.50. The minimum atomic E-state index is 0.0696. The van der Waals surface area contributed by atoms with Gasteiger partial charge in [-0.1, -0.05) is 24.3 Å². The van der Waals surface area contributed by atoms with Gasteiger partial charge in [0.05, 0.1) is 11.5 Å². The number of nitriles is 1. The molecule has 2 aliphatic rings. The molecule has 0 aromatic carbocycles. The molecule has 0 aromatic rings. The summed E-state index contributed by atoms with van der Waals surface area (Å²) in [4.78, 5) is 0. The topological polar surface area (TPSA) is 23.8 Å². The third-order valence-electron chi connectivity index (χ3n) is 2.81. The average molecular weight is 159 g/mol. The Morgan fingerprint density at radius 2 is 2.25 bits per heavy atom. The van der Waals surface area contributed by atoms with Crippen molar-refractivity contribution in [1.29, 1.82) is 5.26 Å². The first-order valence-electron chi connectivity index (χ1n) is 4.59. The summed E-state index contributed by atoms with van der Waals surface area (Å²) in [7, 11) is 0. The minimum Gasteiger partial charge on any atom is -0.198 e. The lowest BCUT2D eigenvalue weighted by molar-refractivity contribution is 0.479. The highest BCUT2D eigenvalue weighted by Gasteiger charge is 2.43. The molecule has 1 nitrogen and oxygen atoms in total. The van der Waals surface area contributed by atoms with Crippen molar-refractivity contribution in [2.24, 2.45) is 11.3 Å². The van der Waals surface area contributed by atoms with Crippen LogP contribution >= 0.6 is 0 Å². The van der Waals surface area contributed by atoms with Crippen LogP contribution in [-0.2, 0) is 0 Å². The van der Waals surface area contributed by atoms with Crippen LogP contribution in [0.3, 0.4) is 0 Å². The Balaban J connectivity index is 1.92. The number of rotatable bonds is 2. The molecule has 0 aromatic heterocycles.